The molecule has 28 nitrogen and oxygen atoms in total. The van der Waals surface area contributed by atoms with Gasteiger partial charge in [-0.25, -0.2) is 0 Å². The number of nitrogens with zero attached hydrogens (tertiary/aromatic N) is 1. The summed E-state index contributed by atoms with van der Waals surface area (Å²) in [5, 5.41) is 117. The first kappa shape index (κ1) is 64.6. The van der Waals surface area contributed by atoms with Gasteiger partial charge in [-0.3, -0.25) is 28.9 Å². The summed E-state index contributed by atoms with van der Waals surface area (Å²) in [5.41, 5.74) is 0. The van der Waals surface area contributed by atoms with Gasteiger partial charge >= 0.3 is 0 Å². The minimum atomic E-state index is -1.93. The standard InChI is InChI=1S/C46H82N6O22/c1-26(55)12-6-3-9-15-48-32(58)20-52(21-33(59)49-16-10-4-7-13-30(56)47-2)22-34(60)50-17-11-5-8-14-31(57)51-18-19-69-45-42(68)43(74-46-41(67)39(65)36(62)28(24-54)72-46)37(63)29(73-45)25-70-44-40(66)38(64)35(61)27(23-53)71-44/h27-29,35-46,53-54,61-68H,3-25H2,1-2H3,(H,47,56)(H,48,58)(H,49,59)(H,50,60)(H,51,57)/t27-,28-,29-,35-,36-,37-,38+,39+,40+,41+,42+,43+,44+,45+,46-/m1/s1. The Labute approximate surface area is 429 Å². The van der Waals surface area contributed by atoms with Crippen LogP contribution < -0.4 is 26.6 Å². The third-order valence-corrected chi connectivity index (χ3v) is 12.5. The summed E-state index contributed by atoms with van der Waals surface area (Å²) in [6.45, 7) is -0.709. The number of hydrogen-bond donors (Lipinski definition) is 15. The molecule has 0 unspecified atom stereocenters. The van der Waals surface area contributed by atoms with E-state index < -0.39 is 118 Å². The Bertz CT molecular complexity index is 1690. The highest BCUT2D eigenvalue weighted by Crippen LogP contribution is 2.31. The van der Waals surface area contributed by atoms with E-state index in [0.29, 0.717) is 70.9 Å². The Morgan fingerprint density at radius 2 is 0.892 bits per heavy atom. The number of ether oxygens (including phenoxy) is 6. The third-order valence-electron chi connectivity index (χ3n) is 12.5. The summed E-state index contributed by atoms with van der Waals surface area (Å²) in [4.78, 5) is 75.1. The average molecular weight is 1070 g/mol. The van der Waals surface area contributed by atoms with Crippen LogP contribution in [0.2, 0.25) is 0 Å². The lowest BCUT2D eigenvalue weighted by Gasteiger charge is -2.46. The van der Waals surface area contributed by atoms with Crippen LogP contribution in [0.5, 0.6) is 0 Å². The number of hydrogen-bond acceptors (Lipinski definition) is 23. The maximum atomic E-state index is 12.9. The lowest BCUT2D eigenvalue weighted by molar-refractivity contribution is -0.366. The van der Waals surface area contributed by atoms with Crippen molar-refractivity contribution in [3.63, 3.8) is 0 Å². The topological polar surface area (TPSA) is 423 Å². The van der Waals surface area contributed by atoms with Crippen molar-refractivity contribution in [2.75, 3.05) is 79.3 Å². The van der Waals surface area contributed by atoms with Gasteiger partial charge in [0, 0.05) is 52.5 Å². The molecule has 0 bridgehead atoms. The van der Waals surface area contributed by atoms with Gasteiger partial charge in [0.25, 0.3) is 0 Å². The van der Waals surface area contributed by atoms with Crippen molar-refractivity contribution in [3.05, 3.63) is 0 Å². The number of unbranched alkanes of at least 4 members (excludes halogenated alkanes) is 6. The van der Waals surface area contributed by atoms with Crippen LogP contribution in [0.1, 0.15) is 84.0 Å². The van der Waals surface area contributed by atoms with Crippen molar-refractivity contribution in [2.45, 2.75) is 176 Å². The van der Waals surface area contributed by atoms with Crippen LogP contribution in [0.3, 0.4) is 0 Å². The minimum Gasteiger partial charge on any atom is -0.394 e. The minimum absolute atomic E-state index is 0.0618. The van der Waals surface area contributed by atoms with Gasteiger partial charge in [-0.15, -0.1) is 0 Å². The first-order valence-electron chi connectivity index (χ1n) is 25.3. The number of Topliss-reactive ketones (excluding diaryl/α,β-unsaturated/α-hetero) is 1. The Hall–Kier alpha value is -3.66. The highest BCUT2D eigenvalue weighted by atomic mass is 16.7. The molecule has 0 radical (unpaired) electrons. The predicted octanol–water partition coefficient (Wildman–Crippen LogP) is -6.77. The largest absolute Gasteiger partial charge is 0.394 e. The number of ketones is 1. The van der Waals surface area contributed by atoms with Crippen molar-refractivity contribution in [2.24, 2.45) is 0 Å². The zero-order valence-electron chi connectivity index (χ0n) is 42.2. The van der Waals surface area contributed by atoms with Crippen LogP contribution >= 0.6 is 0 Å². The molecular formula is C46H82N6O22. The SMILES string of the molecule is CNC(=O)CCCCCNC(=O)CN(CC(=O)NCCCCCC(C)=O)CC(=O)NCCCCCC(=O)NCCO[C@H]1O[C@H](CO[C@H]2O[C@H](CO)[C@@H](O)[C@H](O)[C@@H]2O)[C@@H](O)[C@H](O[C@H]2O[C@H](CO)[C@@H](O)[C@H](O)[C@@H]2O)[C@@H]1O. The number of nitrogens with one attached hydrogen (secondary N) is 5. The lowest BCUT2D eigenvalue weighted by Crippen LogP contribution is -2.65. The maximum absolute atomic E-state index is 12.9. The number of carbonyl (C=O) groups is 6. The molecule has 15 N–H and O–H groups in total. The molecule has 0 aliphatic carbocycles. The van der Waals surface area contributed by atoms with E-state index in [2.05, 4.69) is 26.6 Å². The van der Waals surface area contributed by atoms with Crippen LogP contribution in [-0.4, -0.2) is 263 Å². The first-order chi connectivity index (χ1) is 35.3. The third kappa shape index (κ3) is 22.5. The molecule has 74 heavy (non-hydrogen) atoms. The maximum Gasteiger partial charge on any atom is 0.234 e. The Balaban J connectivity index is 1.45. The Morgan fingerprint density at radius 1 is 0.459 bits per heavy atom. The summed E-state index contributed by atoms with van der Waals surface area (Å²) in [5.74, 6) is -1.47. The molecule has 0 aromatic heterocycles. The van der Waals surface area contributed by atoms with E-state index in [1.165, 1.54) is 11.8 Å². The van der Waals surface area contributed by atoms with Crippen LogP contribution in [0.15, 0.2) is 0 Å². The van der Waals surface area contributed by atoms with E-state index in [0.717, 1.165) is 12.8 Å². The fraction of sp³-hybridized carbons (Fsp3) is 0.870. The number of aliphatic hydroxyl groups excluding tert-OH is 10. The molecule has 3 aliphatic heterocycles. The summed E-state index contributed by atoms with van der Waals surface area (Å²) in [6.07, 6.45) is -19.0. The molecular weight excluding hydrogens is 989 g/mol. The number of aliphatic hydroxyl groups is 10. The molecule has 0 aromatic carbocycles. The normalized spacial score (nSPS) is 30.1. The first-order valence-corrected chi connectivity index (χ1v) is 25.3. The molecule has 15 atom stereocenters. The van der Waals surface area contributed by atoms with Gasteiger partial charge in [-0.05, 0) is 45.4 Å². The van der Waals surface area contributed by atoms with Gasteiger partial charge in [-0.2, -0.15) is 0 Å². The summed E-state index contributed by atoms with van der Waals surface area (Å²) in [7, 11) is 1.56. The second-order valence-corrected chi connectivity index (χ2v) is 18.6. The van der Waals surface area contributed by atoms with E-state index in [4.69, 9.17) is 28.4 Å². The molecule has 3 saturated heterocycles. The molecule has 5 amide bonds. The van der Waals surface area contributed by atoms with Crippen molar-refractivity contribution in [3.8, 4) is 0 Å². The fourth-order valence-electron chi connectivity index (χ4n) is 8.13. The number of carbonyl (C=O) groups excluding carboxylic acids is 6. The molecule has 428 valence electrons. The summed E-state index contributed by atoms with van der Waals surface area (Å²) < 4.78 is 33.4. The van der Waals surface area contributed by atoms with Gasteiger partial charge < -0.3 is 111 Å². The van der Waals surface area contributed by atoms with Crippen LogP contribution in [0, 0.1) is 0 Å². The molecule has 0 aromatic rings. The highest BCUT2D eigenvalue weighted by molar-refractivity contribution is 5.84. The monoisotopic (exact) mass is 1070 g/mol. The smallest absolute Gasteiger partial charge is 0.234 e. The van der Waals surface area contributed by atoms with Crippen LogP contribution in [0.25, 0.3) is 0 Å². The molecule has 3 rings (SSSR count). The molecule has 28 heteroatoms. The summed E-state index contributed by atoms with van der Waals surface area (Å²) in [6, 6.07) is 0. The van der Waals surface area contributed by atoms with Gasteiger partial charge in [0.15, 0.2) is 18.9 Å². The number of amides is 5. The Kier molecular flexibility index (Phi) is 30.5. The Morgan fingerprint density at radius 3 is 1.38 bits per heavy atom. The van der Waals surface area contributed by atoms with E-state index in [1.54, 1.807) is 7.05 Å². The zero-order chi connectivity index (χ0) is 54.7. The van der Waals surface area contributed by atoms with Crippen molar-refractivity contribution >= 4 is 35.3 Å². The molecule has 0 saturated carbocycles. The van der Waals surface area contributed by atoms with Gasteiger partial charge in [0.05, 0.1) is 46.1 Å². The van der Waals surface area contributed by atoms with Gasteiger partial charge in [0.2, 0.25) is 29.5 Å². The van der Waals surface area contributed by atoms with E-state index in [9.17, 15) is 79.8 Å². The molecule has 0 spiro atoms. The van der Waals surface area contributed by atoms with Crippen LogP contribution in [0.4, 0.5) is 0 Å². The van der Waals surface area contributed by atoms with Crippen molar-refractivity contribution in [1.29, 1.82) is 0 Å². The van der Waals surface area contributed by atoms with Crippen LogP contribution in [-0.2, 0) is 57.2 Å². The fourth-order valence-corrected chi connectivity index (χ4v) is 8.13. The number of rotatable bonds is 35. The van der Waals surface area contributed by atoms with Gasteiger partial charge in [0.1, 0.15) is 79.0 Å². The van der Waals surface area contributed by atoms with Gasteiger partial charge in [-0.1, -0.05) is 19.3 Å². The zero-order valence-corrected chi connectivity index (χ0v) is 42.2. The van der Waals surface area contributed by atoms with E-state index in [-0.39, 0.29) is 75.2 Å². The second kappa shape index (κ2) is 34.9. The van der Waals surface area contributed by atoms with E-state index >= 15 is 0 Å². The summed E-state index contributed by atoms with van der Waals surface area (Å²) >= 11 is 0. The second-order valence-electron chi connectivity index (χ2n) is 18.6. The quantitative estimate of drug-likeness (QED) is 0.0262. The lowest BCUT2D eigenvalue weighted by atomic mass is 9.96. The highest BCUT2D eigenvalue weighted by Gasteiger charge is 2.52. The predicted molar refractivity (Wildman–Crippen MR) is 254 cm³/mol. The van der Waals surface area contributed by atoms with Crippen molar-refractivity contribution < 1.29 is 108 Å². The molecule has 3 heterocycles. The molecule has 3 fully saturated rings. The average Bonchev–Trinajstić information content (AvgIpc) is 3.36. The van der Waals surface area contributed by atoms with Crippen molar-refractivity contribution in [1.82, 2.24) is 31.5 Å². The molecule has 3 aliphatic rings. The van der Waals surface area contributed by atoms with E-state index in [1.807, 2.05) is 0 Å².